The molecule has 0 unspecified atom stereocenters. The van der Waals surface area contributed by atoms with Crippen LogP contribution in [-0.4, -0.2) is 22.2 Å². The molecule has 0 saturated carbocycles. The molecule has 0 aromatic rings. The average molecular weight is 269 g/mol. The number of halogens is 1. The molecule has 0 aromatic heterocycles. The van der Waals surface area contributed by atoms with Crippen LogP contribution in [0.15, 0.2) is 0 Å². The molecule has 0 heterocycles. The largest absolute Gasteiger partial charge is 0.481 e. The molecule has 0 rings (SSSR count). The maximum absolute atomic E-state index is 10.0. The van der Waals surface area contributed by atoms with Gasteiger partial charge in [0.05, 0.1) is 12.8 Å². The van der Waals surface area contributed by atoms with Crippen LogP contribution in [0.5, 0.6) is 0 Å². The lowest BCUT2D eigenvalue weighted by Gasteiger charge is -2.13. The summed E-state index contributed by atoms with van der Waals surface area (Å²) in [5, 5.41) is 16.5. The molecule has 0 aliphatic rings. The van der Waals surface area contributed by atoms with Gasteiger partial charge in [-0.05, 0) is 10.8 Å². The number of aliphatic carboxylic acids is 2. The van der Waals surface area contributed by atoms with Crippen LogP contribution in [0.1, 0.15) is 54.4 Å². The third-order valence-corrected chi connectivity index (χ3v) is 1.36. The van der Waals surface area contributed by atoms with Crippen LogP contribution in [0.2, 0.25) is 0 Å². The van der Waals surface area contributed by atoms with Crippen LogP contribution in [0, 0.1) is 10.8 Å². The summed E-state index contributed by atoms with van der Waals surface area (Å²) in [4.78, 5) is 20.0. The van der Waals surface area contributed by atoms with E-state index in [1.165, 1.54) is 0 Å². The van der Waals surface area contributed by atoms with Gasteiger partial charge < -0.3 is 10.2 Å². The van der Waals surface area contributed by atoms with Crippen LogP contribution in [0.4, 0.5) is 0 Å². The molecule has 0 saturated heterocycles. The first-order chi connectivity index (χ1) is 6.83. The van der Waals surface area contributed by atoms with Crippen molar-refractivity contribution in [1.82, 2.24) is 0 Å². The van der Waals surface area contributed by atoms with Crippen molar-refractivity contribution in [2.75, 3.05) is 0 Å². The number of carboxylic acid groups (broad SMARTS) is 2. The summed E-state index contributed by atoms with van der Waals surface area (Å²) in [6.07, 6.45) is 0.486. The Balaban J connectivity index is -0.000000218. The summed E-state index contributed by atoms with van der Waals surface area (Å²) in [7, 11) is 0. The Kier molecular flexibility index (Phi) is 10.6. The highest BCUT2D eigenvalue weighted by molar-refractivity contribution is 5.85. The van der Waals surface area contributed by atoms with Gasteiger partial charge in [0.25, 0.3) is 0 Å². The van der Waals surface area contributed by atoms with Crippen molar-refractivity contribution < 1.29 is 19.8 Å². The smallest absolute Gasteiger partial charge is 0.303 e. The standard InChI is InChI=1S/2C6H12O2.ClH/c2*1-6(2,3)4-5(7)8;/h2*4H2,1-3H3,(H,7,8);1H. The van der Waals surface area contributed by atoms with E-state index >= 15 is 0 Å². The average Bonchev–Trinajstić information content (AvgIpc) is 1.72. The fraction of sp³-hybridized carbons (Fsp3) is 0.833. The molecule has 5 heteroatoms. The molecule has 4 nitrogen and oxygen atoms in total. The molecule has 0 radical (unpaired) electrons. The summed E-state index contributed by atoms with van der Waals surface area (Å²) < 4.78 is 0. The van der Waals surface area contributed by atoms with Crippen molar-refractivity contribution in [1.29, 1.82) is 0 Å². The van der Waals surface area contributed by atoms with Crippen molar-refractivity contribution in [3.05, 3.63) is 0 Å². The summed E-state index contributed by atoms with van der Waals surface area (Å²) in [5.74, 6) is -1.45. The number of rotatable bonds is 2. The van der Waals surface area contributed by atoms with Gasteiger partial charge >= 0.3 is 11.9 Å². The molecule has 0 bridgehead atoms. The summed E-state index contributed by atoms with van der Waals surface area (Å²) >= 11 is 0. The normalized spacial score (nSPS) is 10.7. The van der Waals surface area contributed by atoms with Gasteiger partial charge in [0.2, 0.25) is 0 Å². The maximum atomic E-state index is 10.0. The lowest BCUT2D eigenvalue weighted by molar-refractivity contribution is -0.140. The van der Waals surface area contributed by atoms with Crippen LogP contribution in [-0.2, 0) is 9.59 Å². The Morgan fingerprint density at radius 3 is 0.941 bits per heavy atom. The maximum Gasteiger partial charge on any atom is 0.303 e. The van der Waals surface area contributed by atoms with Gasteiger partial charge in [-0.15, -0.1) is 12.4 Å². The van der Waals surface area contributed by atoms with E-state index in [0.29, 0.717) is 0 Å². The number of hydrogen-bond acceptors (Lipinski definition) is 2. The van der Waals surface area contributed by atoms with Gasteiger partial charge in [-0.3, -0.25) is 9.59 Å². The van der Waals surface area contributed by atoms with Gasteiger partial charge in [0, 0.05) is 0 Å². The summed E-state index contributed by atoms with van der Waals surface area (Å²) in [5.41, 5.74) is -0.155. The molecule has 0 amide bonds. The van der Waals surface area contributed by atoms with Crippen molar-refractivity contribution in [3.63, 3.8) is 0 Å². The first-order valence-corrected chi connectivity index (χ1v) is 5.27. The predicted molar refractivity (Wildman–Crippen MR) is 70.7 cm³/mol. The van der Waals surface area contributed by atoms with E-state index in [9.17, 15) is 9.59 Å². The van der Waals surface area contributed by atoms with Gasteiger partial charge in [-0.25, -0.2) is 0 Å². The quantitative estimate of drug-likeness (QED) is 0.804. The molecule has 17 heavy (non-hydrogen) atoms. The minimum absolute atomic E-state index is 0. The molecular weight excluding hydrogens is 244 g/mol. The number of hydrogen-bond donors (Lipinski definition) is 2. The molecule has 104 valence electrons. The van der Waals surface area contributed by atoms with E-state index in [1.807, 2.05) is 41.5 Å². The highest BCUT2D eigenvalue weighted by Crippen LogP contribution is 2.17. The minimum atomic E-state index is -0.725. The number of carbonyl (C=O) groups is 2. The second-order valence-electron chi connectivity index (χ2n) is 6.26. The monoisotopic (exact) mass is 268 g/mol. The van der Waals surface area contributed by atoms with Gasteiger partial charge in [0.1, 0.15) is 0 Å². The van der Waals surface area contributed by atoms with Crippen molar-refractivity contribution in [2.45, 2.75) is 54.4 Å². The van der Waals surface area contributed by atoms with Crippen molar-refractivity contribution >= 4 is 24.3 Å². The highest BCUT2D eigenvalue weighted by Gasteiger charge is 2.14. The third kappa shape index (κ3) is 31.3. The zero-order valence-electron chi connectivity index (χ0n) is 11.5. The minimum Gasteiger partial charge on any atom is -0.481 e. The van der Waals surface area contributed by atoms with Gasteiger partial charge in [0.15, 0.2) is 0 Å². The second kappa shape index (κ2) is 8.34. The first kappa shape index (κ1) is 21.5. The van der Waals surface area contributed by atoms with Crippen LogP contribution >= 0.6 is 12.4 Å². The van der Waals surface area contributed by atoms with Crippen LogP contribution < -0.4 is 0 Å². The first-order valence-electron chi connectivity index (χ1n) is 5.27. The Bertz CT molecular complexity index is 210. The summed E-state index contributed by atoms with van der Waals surface area (Å²) in [6, 6.07) is 0. The van der Waals surface area contributed by atoms with E-state index in [1.54, 1.807) is 0 Å². The lowest BCUT2D eigenvalue weighted by Crippen LogP contribution is -2.11. The van der Waals surface area contributed by atoms with E-state index in [-0.39, 0.29) is 36.1 Å². The van der Waals surface area contributed by atoms with E-state index in [4.69, 9.17) is 10.2 Å². The SMILES string of the molecule is CC(C)(C)CC(=O)O.CC(C)(C)CC(=O)O.Cl. The van der Waals surface area contributed by atoms with Gasteiger partial charge in [-0.1, -0.05) is 41.5 Å². The fourth-order valence-corrected chi connectivity index (χ4v) is 0.907. The van der Waals surface area contributed by atoms with E-state index in [0.717, 1.165) is 0 Å². The third-order valence-electron chi connectivity index (χ3n) is 1.36. The Morgan fingerprint density at radius 1 is 0.765 bits per heavy atom. The molecule has 0 aromatic carbocycles. The molecule has 0 atom stereocenters. The molecule has 0 aliphatic carbocycles. The molecular formula is C12H25ClO4. The van der Waals surface area contributed by atoms with E-state index < -0.39 is 11.9 Å². The topological polar surface area (TPSA) is 74.6 Å². The van der Waals surface area contributed by atoms with Gasteiger partial charge in [-0.2, -0.15) is 0 Å². The van der Waals surface area contributed by atoms with Crippen molar-refractivity contribution in [3.8, 4) is 0 Å². The molecule has 0 aliphatic heterocycles. The zero-order valence-corrected chi connectivity index (χ0v) is 12.3. The molecule has 2 N–H and O–H groups in total. The van der Waals surface area contributed by atoms with Crippen LogP contribution in [0.3, 0.4) is 0 Å². The zero-order chi connectivity index (χ0) is 13.6. The summed E-state index contributed by atoms with van der Waals surface area (Å²) in [6.45, 7) is 11.4. The van der Waals surface area contributed by atoms with E-state index in [2.05, 4.69) is 0 Å². The van der Waals surface area contributed by atoms with Crippen LogP contribution in [0.25, 0.3) is 0 Å². The predicted octanol–water partition coefficient (Wildman–Crippen LogP) is 3.44. The second-order valence-corrected chi connectivity index (χ2v) is 6.26. The molecule has 0 fully saturated rings. The van der Waals surface area contributed by atoms with Crippen molar-refractivity contribution in [2.24, 2.45) is 10.8 Å². The Labute approximate surface area is 110 Å². The highest BCUT2D eigenvalue weighted by atomic mass is 35.5. The molecule has 0 spiro atoms. The fourth-order valence-electron chi connectivity index (χ4n) is 0.907. The Hall–Kier alpha value is -0.770. The number of carboxylic acids is 2. The Morgan fingerprint density at radius 2 is 0.941 bits per heavy atom. The lowest BCUT2D eigenvalue weighted by atomic mass is 9.93.